The molecule has 0 radical (unpaired) electrons. The summed E-state index contributed by atoms with van der Waals surface area (Å²) in [5.41, 5.74) is 0. The summed E-state index contributed by atoms with van der Waals surface area (Å²) < 4.78 is 0.898. The number of carbonyl (C=O) groups is 1. The molecule has 0 saturated carbocycles. The fourth-order valence-electron chi connectivity index (χ4n) is 2.54. The lowest BCUT2D eigenvalue weighted by Crippen LogP contribution is -2.43. The van der Waals surface area contributed by atoms with Crippen LogP contribution in [0.2, 0.25) is 0 Å². The quantitative estimate of drug-likeness (QED) is 0.897. The van der Waals surface area contributed by atoms with E-state index in [1.165, 1.54) is 24.3 Å². The molecule has 0 aromatic carbocycles. The number of aromatic nitrogens is 1. The van der Waals surface area contributed by atoms with Gasteiger partial charge in [-0.25, -0.2) is 4.98 Å². The Morgan fingerprint density at radius 3 is 3.06 bits per heavy atom. The summed E-state index contributed by atoms with van der Waals surface area (Å²) in [6, 6.07) is 0.323. The van der Waals surface area contributed by atoms with Crippen molar-refractivity contribution in [3.63, 3.8) is 0 Å². The minimum absolute atomic E-state index is 0.0329. The highest BCUT2D eigenvalue weighted by Crippen LogP contribution is 2.28. The maximum absolute atomic E-state index is 11.9. The van der Waals surface area contributed by atoms with Crippen molar-refractivity contribution in [2.45, 2.75) is 12.5 Å². The molecule has 16 heavy (non-hydrogen) atoms. The number of nitrogens with one attached hydrogen (secondary N) is 1. The second-order valence-corrected chi connectivity index (χ2v) is 6.77. The van der Waals surface area contributed by atoms with Gasteiger partial charge in [0.15, 0.2) is 5.01 Å². The fraction of sp³-hybridized carbons (Fsp3) is 0.600. The topological polar surface area (TPSA) is 45.2 Å². The number of carbonyl (C=O) groups excluding carboxylic acids is 1. The third kappa shape index (κ3) is 1.89. The first-order chi connectivity index (χ1) is 7.72. The van der Waals surface area contributed by atoms with Crippen LogP contribution >= 0.6 is 27.3 Å². The first-order valence-electron chi connectivity index (χ1n) is 5.37. The molecule has 1 amide bonds. The second kappa shape index (κ2) is 4.09. The van der Waals surface area contributed by atoms with Crippen molar-refractivity contribution in [2.24, 2.45) is 5.92 Å². The summed E-state index contributed by atoms with van der Waals surface area (Å²) in [5.74, 6) is 0.613. The average Bonchev–Trinajstić information content (AvgIpc) is 2.92. The van der Waals surface area contributed by atoms with Gasteiger partial charge in [-0.05, 0) is 34.8 Å². The number of fused-ring (bicyclic) bond motifs is 2. The Labute approximate surface area is 106 Å². The molecule has 3 rings (SSSR count). The first-order valence-corrected chi connectivity index (χ1v) is 6.98. The van der Waals surface area contributed by atoms with Crippen LogP contribution in [-0.2, 0) is 0 Å². The summed E-state index contributed by atoms with van der Waals surface area (Å²) in [4.78, 5) is 18.4. The Morgan fingerprint density at radius 1 is 1.62 bits per heavy atom. The molecular formula is C10H12BrN3OS. The van der Waals surface area contributed by atoms with Crippen molar-refractivity contribution < 1.29 is 4.79 Å². The van der Waals surface area contributed by atoms with E-state index in [-0.39, 0.29) is 5.91 Å². The predicted octanol–water partition coefficient (Wildman–Crippen LogP) is 1.34. The van der Waals surface area contributed by atoms with E-state index in [1.54, 1.807) is 6.20 Å². The van der Waals surface area contributed by atoms with E-state index in [0.29, 0.717) is 17.0 Å². The van der Waals surface area contributed by atoms with Crippen molar-refractivity contribution in [3.8, 4) is 0 Å². The lowest BCUT2D eigenvalue weighted by Gasteiger charge is -2.22. The number of halogens is 1. The highest BCUT2D eigenvalue weighted by molar-refractivity contribution is 9.11. The van der Waals surface area contributed by atoms with E-state index in [4.69, 9.17) is 0 Å². The lowest BCUT2D eigenvalue weighted by atomic mass is 10.0. The van der Waals surface area contributed by atoms with E-state index < -0.39 is 0 Å². The van der Waals surface area contributed by atoms with Gasteiger partial charge in [-0.3, -0.25) is 4.79 Å². The number of hydrogen-bond acceptors (Lipinski definition) is 4. The van der Waals surface area contributed by atoms with Crippen molar-refractivity contribution >= 4 is 33.2 Å². The van der Waals surface area contributed by atoms with Crippen LogP contribution in [0.1, 0.15) is 16.2 Å². The average molecular weight is 302 g/mol. The number of nitrogens with zero attached hydrogens (tertiary/aromatic N) is 2. The Bertz CT molecular complexity index is 422. The van der Waals surface area contributed by atoms with Gasteiger partial charge in [0, 0.05) is 19.1 Å². The molecule has 1 aromatic heterocycles. The van der Waals surface area contributed by atoms with E-state index in [2.05, 4.69) is 31.1 Å². The Kier molecular flexibility index (Phi) is 2.73. The summed E-state index contributed by atoms with van der Waals surface area (Å²) in [5, 5.41) is 3.63. The molecular weight excluding hydrogens is 290 g/mol. The molecule has 2 aliphatic rings. The Morgan fingerprint density at radius 2 is 2.50 bits per heavy atom. The van der Waals surface area contributed by atoms with Gasteiger partial charge in [0.1, 0.15) is 0 Å². The summed E-state index contributed by atoms with van der Waals surface area (Å²) in [6.07, 6.45) is 2.89. The van der Waals surface area contributed by atoms with Crippen LogP contribution in [0.25, 0.3) is 0 Å². The largest absolute Gasteiger partial charge is 0.346 e. The minimum atomic E-state index is -0.0329. The smallest absolute Gasteiger partial charge is 0.280 e. The van der Waals surface area contributed by atoms with Crippen LogP contribution in [0.4, 0.5) is 0 Å². The van der Waals surface area contributed by atoms with Crippen molar-refractivity contribution in [3.05, 3.63) is 15.0 Å². The van der Waals surface area contributed by atoms with E-state index in [0.717, 1.165) is 16.9 Å². The molecule has 4 nitrogen and oxygen atoms in total. The molecule has 3 heterocycles. The lowest BCUT2D eigenvalue weighted by molar-refractivity contribution is 0.0924. The van der Waals surface area contributed by atoms with Crippen molar-refractivity contribution in [1.82, 2.24) is 15.2 Å². The third-order valence-corrected chi connectivity index (χ3v) is 4.80. The van der Waals surface area contributed by atoms with Gasteiger partial charge in [0.2, 0.25) is 0 Å². The van der Waals surface area contributed by atoms with Gasteiger partial charge in [0.05, 0.1) is 9.98 Å². The molecule has 0 spiro atoms. The van der Waals surface area contributed by atoms with Crippen LogP contribution in [-0.4, -0.2) is 41.5 Å². The fourth-order valence-corrected chi connectivity index (χ4v) is 3.65. The highest BCUT2D eigenvalue weighted by atomic mass is 79.9. The molecule has 2 aliphatic heterocycles. The molecule has 1 aromatic rings. The molecule has 2 saturated heterocycles. The second-order valence-electron chi connectivity index (χ2n) is 4.36. The van der Waals surface area contributed by atoms with Crippen molar-refractivity contribution in [1.29, 1.82) is 0 Å². The third-order valence-electron chi connectivity index (χ3n) is 3.32. The standard InChI is InChI=1S/C10H12BrN3OS/c11-8-3-12-10(16-8)9(15)13-7-5-14-2-1-6(7)4-14/h3,6-7H,1-2,4-5H2,(H,13,15)/t6-,7?/m0/s1. The van der Waals surface area contributed by atoms with E-state index in [9.17, 15) is 4.79 Å². The van der Waals surface area contributed by atoms with E-state index >= 15 is 0 Å². The predicted molar refractivity (Wildman–Crippen MR) is 65.6 cm³/mol. The Hall–Kier alpha value is -0.460. The van der Waals surface area contributed by atoms with E-state index in [1.807, 2.05) is 0 Å². The molecule has 86 valence electrons. The number of hydrogen-bond donors (Lipinski definition) is 1. The number of thiazole rings is 1. The number of piperidine rings is 1. The molecule has 2 fully saturated rings. The van der Waals surface area contributed by atoms with Gasteiger partial charge in [0.25, 0.3) is 5.91 Å². The van der Waals surface area contributed by atoms with Crippen LogP contribution in [0, 0.1) is 5.92 Å². The SMILES string of the molecule is O=C(NC1CN2CC[C@H]1C2)c1ncc(Br)s1. The van der Waals surface area contributed by atoms with Crippen LogP contribution in [0.15, 0.2) is 9.98 Å². The summed E-state index contributed by atoms with van der Waals surface area (Å²) >= 11 is 4.69. The maximum Gasteiger partial charge on any atom is 0.280 e. The highest BCUT2D eigenvalue weighted by Gasteiger charge is 2.38. The number of amides is 1. The Balaban J connectivity index is 1.65. The van der Waals surface area contributed by atoms with Gasteiger partial charge < -0.3 is 10.2 Å². The molecule has 2 unspecified atom stereocenters. The molecule has 1 N–H and O–H groups in total. The molecule has 3 atom stereocenters. The van der Waals surface area contributed by atoms with Crippen molar-refractivity contribution in [2.75, 3.05) is 19.6 Å². The maximum atomic E-state index is 11.9. The number of rotatable bonds is 2. The minimum Gasteiger partial charge on any atom is -0.346 e. The first kappa shape index (κ1) is 10.7. The summed E-state index contributed by atoms with van der Waals surface area (Å²) in [6.45, 7) is 3.34. The zero-order valence-corrected chi connectivity index (χ0v) is 11.1. The van der Waals surface area contributed by atoms with Gasteiger partial charge in [-0.1, -0.05) is 0 Å². The monoisotopic (exact) mass is 301 g/mol. The summed E-state index contributed by atoms with van der Waals surface area (Å²) in [7, 11) is 0. The van der Waals surface area contributed by atoms with Crippen LogP contribution in [0.5, 0.6) is 0 Å². The molecule has 0 aliphatic carbocycles. The van der Waals surface area contributed by atoms with Crippen LogP contribution in [0.3, 0.4) is 0 Å². The van der Waals surface area contributed by atoms with Gasteiger partial charge in [-0.2, -0.15) is 0 Å². The molecule has 6 heteroatoms. The zero-order chi connectivity index (χ0) is 11.1. The van der Waals surface area contributed by atoms with Crippen LogP contribution < -0.4 is 5.32 Å². The normalized spacial score (nSPS) is 31.9. The van der Waals surface area contributed by atoms with Gasteiger partial charge >= 0.3 is 0 Å². The zero-order valence-electron chi connectivity index (χ0n) is 8.65. The van der Waals surface area contributed by atoms with Gasteiger partial charge in [-0.15, -0.1) is 11.3 Å². The molecule has 2 bridgehead atoms.